The highest BCUT2D eigenvalue weighted by molar-refractivity contribution is 5.75. The number of ether oxygens (including phenoxy) is 2. The summed E-state index contributed by atoms with van der Waals surface area (Å²) in [4.78, 5) is 42.4. The third-order valence-electron chi connectivity index (χ3n) is 1.97. The fourth-order valence-electron chi connectivity index (χ4n) is 1.19. The van der Waals surface area contributed by atoms with Crippen LogP contribution in [-0.4, -0.2) is 59.5 Å². The van der Waals surface area contributed by atoms with E-state index >= 15 is 0 Å². The van der Waals surface area contributed by atoms with Gasteiger partial charge in [-0.1, -0.05) is 0 Å². The van der Waals surface area contributed by atoms with E-state index in [9.17, 15) is 19.2 Å². The summed E-state index contributed by atoms with van der Waals surface area (Å²) in [6.45, 7) is -0.643. The van der Waals surface area contributed by atoms with Crippen LogP contribution in [0.25, 0.3) is 0 Å². The van der Waals surface area contributed by atoms with E-state index in [2.05, 4.69) is 9.47 Å². The molecule has 0 bridgehead atoms. The largest absolute Gasteiger partial charge is 0.481 e. The van der Waals surface area contributed by atoms with Gasteiger partial charge in [-0.15, -0.1) is 0 Å². The van der Waals surface area contributed by atoms with Crippen molar-refractivity contribution in [1.29, 1.82) is 0 Å². The summed E-state index contributed by atoms with van der Waals surface area (Å²) in [5.74, 6) is -2.46. The molecule has 9 nitrogen and oxygen atoms in total. The molecule has 0 aromatic heterocycles. The van der Waals surface area contributed by atoms with E-state index in [0.717, 1.165) is 4.90 Å². The molecule has 0 aromatic carbocycles. The van der Waals surface area contributed by atoms with Crippen LogP contribution in [-0.2, 0) is 28.7 Å². The van der Waals surface area contributed by atoms with E-state index in [0.29, 0.717) is 0 Å². The van der Waals surface area contributed by atoms with Crippen molar-refractivity contribution in [3.63, 3.8) is 0 Å². The van der Waals surface area contributed by atoms with Gasteiger partial charge >= 0.3 is 11.9 Å². The van der Waals surface area contributed by atoms with E-state index in [4.69, 9.17) is 10.2 Å². The SMILES string of the molecule is O=COCN(COC=O)C(CCC(=O)O)C(=O)O. The fraction of sp³-hybridized carbons (Fsp3) is 0.556. The fourth-order valence-corrected chi connectivity index (χ4v) is 1.19. The number of rotatable bonds is 11. The second-order valence-electron chi connectivity index (χ2n) is 3.16. The third kappa shape index (κ3) is 6.43. The first kappa shape index (κ1) is 15.8. The lowest BCUT2D eigenvalue weighted by atomic mass is 10.1. The number of hydrogen-bond acceptors (Lipinski definition) is 7. The molecule has 0 saturated heterocycles. The molecule has 9 heteroatoms. The van der Waals surface area contributed by atoms with Gasteiger partial charge in [0.05, 0.1) is 0 Å². The van der Waals surface area contributed by atoms with Crippen LogP contribution in [0.4, 0.5) is 0 Å². The first-order valence-electron chi connectivity index (χ1n) is 4.82. The van der Waals surface area contributed by atoms with Gasteiger partial charge in [-0.05, 0) is 6.42 Å². The van der Waals surface area contributed by atoms with Gasteiger partial charge in [0.2, 0.25) is 0 Å². The standard InChI is InChI=1S/C9H13NO8/c11-5-17-3-10(4-18-6-12)7(9(15)16)1-2-8(13)14/h5-7H,1-4H2,(H,13,14)(H,15,16). The molecule has 1 atom stereocenters. The molecule has 18 heavy (non-hydrogen) atoms. The second-order valence-corrected chi connectivity index (χ2v) is 3.16. The maximum Gasteiger partial charge on any atom is 0.321 e. The van der Waals surface area contributed by atoms with Gasteiger partial charge in [-0.3, -0.25) is 19.2 Å². The van der Waals surface area contributed by atoms with Crippen molar-refractivity contribution < 1.29 is 38.9 Å². The zero-order valence-electron chi connectivity index (χ0n) is 9.35. The number of nitrogens with zero attached hydrogens (tertiary/aromatic N) is 1. The highest BCUT2D eigenvalue weighted by Crippen LogP contribution is 2.08. The predicted molar refractivity (Wildman–Crippen MR) is 54.2 cm³/mol. The van der Waals surface area contributed by atoms with E-state index < -0.39 is 31.4 Å². The average molecular weight is 263 g/mol. The minimum atomic E-state index is -1.31. The lowest BCUT2D eigenvalue weighted by Crippen LogP contribution is -2.44. The van der Waals surface area contributed by atoms with Gasteiger partial charge in [0.15, 0.2) is 0 Å². The zero-order valence-corrected chi connectivity index (χ0v) is 9.35. The Morgan fingerprint density at radius 1 is 1.11 bits per heavy atom. The molecule has 0 aliphatic carbocycles. The Bertz CT molecular complexity index is 293. The Kier molecular flexibility index (Phi) is 7.86. The lowest BCUT2D eigenvalue weighted by Gasteiger charge is -2.25. The molecule has 0 heterocycles. The van der Waals surface area contributed by atoms with Crippen molar-refractivity contribution >= 4 is 24.9 Å². The van der Waals surface area contributed by atoms with E-state index in [1.165, 1.54) is 0 Å². The molecule has 0 aliphatic rings. The molecule has 0 saturated carbocycles. The van der Waals surface area contributed by atoms with Crippen molar-refractivity contribution in [3.05, 3.63) is 0 Å². The number of aliphatic carboxylic acids is 2. The molecule has 0 rings (SSSR count). The number of carboxylic acids is 2. The second kappa shape index (κ2) is 8.93. The molecule has 0 fully saturated rings. The Balaban J connectivity index is 4.60. The van der Waals surface area contributed by atoms with Crippen molar-refractivity contribution in [2.45, 2.75) is 18.9 Å². The molecule has 0 spiro atoms. The average Bonchev–Trinajstić information content (AvgIpc) is 2.30. The predicted octanol–water partition coefficient (Wildman–Crippen LogP) is -1.13. The van der Waals surface area contributed by atoms with Gasteiger partial charge in [0, 0.05) is 6.42 Å². The molecule has 0 radical (unpaired) electrons. The number of carbonyl (C=O) groups excluding carboxylic acids is 2. The van der Waals surface area contributed by atoms with Crippen LogP contribution in [0.1, 0.15) is 12.8 Å². The van der Waals surface area contributed by atoms with Crippen LogP contribution in [0, 0.1) is 0 Å². The van der Waals surface area contributed by atoms with Crippen LogP contribution < -0.4 is 0 Å². The molecule has 0 amide bonds. The summed E-state index contributed by atoms with van der Waals surface area (Å²) in [7, 11) is 0. The van der Waals surface area contributed by atoms with Gasteiger partial charge in [-0.2, -0.15) is 0 Å². The molecular formula is C9H13NO8. The minimum absolute atomic E-state index is 0.101. The van der Waals surface area contributed by atoms with Crippen molar-refractivity contribution in [2.75, 3.05) is 13.5 Å². The summed E-state index contributed by atoms with van der Waals surface area (Å²) in [5.41, 5.74) is 0. The van der Waals surface area contributed by atoms with Gasteiger partial charge in [0.25, 0.3) is 12.9 Å². The van der Waals surface area contributed by atoms with E-state index in [-0.39, 0.29) is 25.8 Å². The lowest BCUT2D eigenvalue weighted by molar-refractivity contribution is -0.158. The van der Waals surface area contributed by atoms with E-state index in [1.807, 2.05) is 0 Å². The highest BCUT2D eigenvalue weighted by atomic mass is 16.6. The zero-order chi connectivity index (χ0) is 14.0. The van der Waals surface area contributed by atoms with Gasteiger partial charge < -0.3 is 19.7 Å². The van der Waals surface area contributed by atoms with E-state index in [1.54, 1.807) is 0 Å². The number of carbonyl (C=O) groups is 4. The summed E-state index contributed by atoms with van der Waals surface area (Å²) in [5, 5.41) is 17.4. The Labute approximate surface area is 102 Å². The maximum absolute atomic E-state index is 11.0. The monoisotopic (exact) mass is 263 g/mol. The normalized spacial score (nSPS) is 11.6. The maximum atomic E-state index is 11.0. The summed E-state index contributed by atoms with van der Waals surface area (Å²) < 4.78 is 8.74. The van der Waals surface area contributed by atoms with Crippen molar-refractivity contribution in [2.24, 2.45) is 0 Å². The molecule has 2 N–H and O–H groups in total. The van der Waals surface area contributed by atoms with Crippen LogP contribution in [0.5, 0.6) is 0 Å². The third-order valence-corrected chi connectivity index (χ3v) is 1.97. The van der Waals surface area contributed by atoms with Crippen LogP contribution >= 0.6 is 0 Å². The van der Waals surface area contributed by atoms with Crippen LogP contribution in [0.3, 0.4) is 0 Å². The Morgan fingerprint density at radius 3 is 1.94 bits per heavy atom. The summed E-state index contributed by atoms with van der Waals surface area (Å²) in [6, 6.07) is -1.24. The highest BCUT2D eigenvalue weighted by Gasteiger charge is 2.27. The topological polar surface area (TPSA) is 130 Å². The molecule has 102 valence electrons. The first-order chi connectivity index (χ1) is 8.52. The molecule has 1 unspecified atom stereocenters. The Hall–Kier alpha value is -2.16. The minimum Gasteiger partial charge on any atom is -0.481 e. The number of hydrogen-bond donors (Lipinski definition) is 2. The smallest absolute Gasteiger partial charge is 0.321 e. The van der Waals surface area contributed by atoms with Crippen molar-refractivity contribution in [1.82, 2.24) is 4.90 Å². The van der Waals surface area contributed by atoms with Gasteiger partial charge in [-0.25, -0.2) is 4.90 Å². The molecular weight excluding hydrogens is 250 g/mol. The quantitative estimate of drug-likeness (QED) is 0.351. The summed E-state index contributed by atoms with van der Waals surface area (Å²) >= 11 is 0. The Morgan fingerprint density at radius 2 is 1.61 bits per heavy atom. The number of carboxylic acid groups (broad SMARTS) is 2. The first-order valence-corrected chi connectivity index (χ1v) is 4.82. The molecule has 0 aromatic rings. The van der Waals surface area contributed by atoms with Crippen LogP contribution in [0.15, 0.2) is 0 Å². The van der Waals surface area contributed by atoms with Crippen molar-refractivity contribution in [3.8, 4) is 0 Å². The molecule has 0 aliphatic heterocycles. The van der Waals surface area contributed by atoms with Gasteiger partial charge in [0.1, 0.15) is 19.5 Å². The summed E-state index contributed by atoms with van der Waals surface area (Å²) in [6.07, 6.45) is -0.593. The van der Waals surface area contributed by atoms with Crippen LogP contribution in [0.2, 0.25) is 0 Å².